The number of carboxylic acid groups (broad SMARTS) is 1. The van der Waals surface area contributed by atoms with E-state index in [1.165, 1.54) is 18.2 Å². The van der Waals surface area contributed by atoms with Crippen molar-refractivity contribution in [3.8, 4) is 0 Å². The van der Waals surface area contributed by atoms with Gasteiger partial charge in [0.25, 0.3) is 0 Å². The third-order valence-electron chi connectivity index (χ3n) is 3.44. The Kier molecular flexibility index (Phi) is 5.43. The average molecular weight is 316 g/mol. The largest absolute Gasteiger partial charge is 0.480 e. The molecule has 0 aromatic heterocycles. The molecule has 0 aliphatic carbocycles. The molecule has 1 unspecified atom stereocenters. The topological polar surface area (TPSA) is 92.4 Å². The van der Waals surface area contributed by atoms with Gasteiger partial charge in [-0.2, -0.15) is 0 Å². The number of nitrogens with one attached hydrogen (secondary N) is 1. The van der Waals surface area contributed by atoms with Gasteiger partial charge in [-0.1, -0.05) is 48.5 Å². The van der Waals surface area contributed by atoms with Crippen LogP contribution in [0.1, 0.15) is 17.2 Å². The van der Waals surface area contributed by atoms with Crippen LogP contribution in [0.2, 0.25) is 0 Å². The van der Waals surface area contributed by atoms with E-state index in [1.54, 1.807) is 36.4 Å². The van der Waals surface area contributed by atoms with Crippen LogP contribution >= 0.6 is 0 Å². The molecule has 1 amide bonds. The summed E-state index contributed by atoms with van der Waals surface area (Å²) in [6.07, 6.45) is -0.157. The maximum Gasteiger partial charge on any atom is 0.326 e. The van der Waals surface area contributed by atoms with Gasteiger partial charge in [-0.3, -0.25) is 4.79 Å². The minimum atomic E-state index is -1.26. The molecule has 2 atom stereocenters. The van der Waals surface area contributed by atoms with Crippen molar-refractivity contribution in [2.45, 2.75) is 18.5 Å². The highest BCUT2D eigenvalue weighted by Crippen LogP contribution is 2.12. The Hall–Kier alpha value is -2.73. The van der Waals surface area contributed by atoms with Gasteiger partial charge in [-0.05, 0) is 17.2 Å². The maximum atomic E-state index is 13.6. The fraction of sp³-hybridized carbons (Fsp3) is 0.176. The molecule has 0 bridgehead atoms. The number of rotatable bonds is 6. The van der Waals surface area contributed by atoms with E-state index in [4.69, 9.17) is 5.73 Å². The first-order valence-electron chi connectivity index (χ1n) is 7.06. The van der Waals surface area contributed by atoms with Gasteiger partial charge in [0.2, 0.25) is 5.91 Å². The molecule has 0 heterocycles. The van der Waals surface area contributed by atoms with Gasteiger partial charge in [-0.15, -0.1) is 0 Å². The minimum absolute atomic E-state index is 0.157. The van der Waals surface area contributed by atoms with Crippen LogP contribution < -0.4 is 11.1 Å². The van der Waals surface area contributed by atoms with Crippen molar-refractivity contribution >= 4 is 11.9 Å². The molecule has 120 valence electrons. The lowest BCUT2D eigenvalue weighted by molar-refractivity contribution is -0.142. The number of carbonyl (C=O) groups is 2. The minimum Gasteiger partial charge on any atom is -0.480 e. The van der Waals surface area contributed by atoms with Gasteiger partial charge in [0.15, 0.2) is 0 Å². The highest BCUT2D eigenvalue weighted by Gasteiger charge is 2.25. The predicted octanol–water partition coefficient (Wildman–Crippen LogP) is 1.64. The summed E-state index contributed by atoms with van der Waals surface area (Å²) in [7, 11) is 0. The molecule has 0 radical (unpaired) electrons. The lowest BCUT2D eigenvalue weighted by Gasteiger charge is -2.18. The number of amides is 1. The average Bonchev–Trinajstić information content (AvgIpc) is 2.56. The predicted molar refractivity (Wildman–Crippen MR) is 83.0 cm³/mol. The van der Waals surface area contributed by atoms with E-state index in [2.05, 4.69) is 5.32 Å². The maximum absolute atomic E-state index is 13.6. The summed E-state index contributed by atoms with van der Waals surface area (Å²) in [5.41, 5.74) is 6.62. The zero-order valence-corrected chi connectivity index (χ0v) is 12.3. The Labute approximate surface area is 132 Å². The normalized spacial score (nSPS) is 13.1. The molecule has 0 aliphatic rings. The SMILES string of the molecule is N[C@@H](C(=O)NC(Cc1ccccc1F)C(=O)O)c1ccccc1. The van der Waals surface area contributed by atoms with Crippen molar-refractivity contribution in [2.75, 3.05) is 0 Å². The molecule has 0 spiro atoms. The van der Waals surface area contributed by atoms with Crippen LogP contribution in [0.4, 0.5) is 4.39 Å². The fourth-order valence-corrected chi connectivity index (χ4v) is 2.16. The molecule has 2 rings (SSSR count). The zero-order valence-electron chi connectivity index (χ0n) is 12.3. The number of hydrogen-bond acceptors (Lipinski definition) is 3. The highest BCUT2D eigenvalue weighted by molar-refractivity contribution is 5.87. The number of carbonyl (C=O) groups excluding carboxylic acids is 1. The van der Waals surface area contributed by atoms with E-state index in [0.717, 1.165) is 0 Å². The Morgan fingerprint density at radius 2 is 1.70 bits per heavy atom. The molecular weight excluding hydrogens is 299 g/mol. The van der Waals surface area contributed by atoms with Crippen LogP contribution in [0.3, 0.4) is 0 Å². The van der Waals surface area contributed by atoms with Crippen LogP contribution in [0, 0.1) is 5.82 Å². The van der Waals surface area contributed by atoms with Crippen molar-refractivity contribution in [2.24, 2.45) is 5.73 Å². The van der Waals surface area contributed by atoms with E-state index in [-0.39, 0.29) is 12.0 Å². The van der Waals surface area contributed by atoms with E-state index in [0.29, 0.717) is 5.56 Å². The first kappa shape index (κ1) is 16.6. The molecule has 23 heavy (non-hydrogen) atoms. The Balaban J connectivity index is 2.09. The molecule has 6 heteroatoms. The monoisotopic (exact) mass is 316 g/mol. The molecule has 4 N–H and O–H groups in total. The van der Waals surface area contributed by atoms with Crippen LogP contribution in [-0.2, 0) is 16.0 Å². The lowest BCUT2D eigenvalue weighted by atomic mass is 10.0. The van der Waals surface area contributed by atoms with E-state index >= 15 is 0 Å². The standard InChI is InChI=1S/C17H17FN2O3/c18-13-9-5-4-8-12(13)10-14(17(22)23)20-16(21)15(19)11-6-2-1-3-7-11/h1-9,14-15H,10,19H2,(H,20,21)(H,22,23)/t14?,15-/m1/s1. The number of hydrogen-bond donors (Lipinski definition) is 3. The van der Waals surface area contributed by atoms with Crippen LogP contribution in [-0.4, -0.2) is 23.0 Å². The number of carboxylic acids is 1. The van der Waals surface area contributed by atoms with Crippen LogP contribution in [0.25, 0.3) is 0 Å². The Bertz CT molecular complexity index is 691. The summed E-state index contributed by atoms with van der Waals surface area (Å²) in [5.74, 6) is -2.39. The second-order valence-corrected chi connectivity index (χ2v) is 5.08. The molecule has 0 saturated carbocycles. The first-order valence-corrected chi connectivity index (χ1v) is 7.06. The number of halogens is 1. The fourth-order valence-electron chi connectivity index (χ4n) is 2.16. The summed E-state index contributed by atoms with van der Waals surface area (Å²) in [6.45, 7) is 0. The van der Waals surface area contributed by atoms with Crippen molar-refractivity contribution in [1.82, 2.24) is 5.32 Å². The van der Waals surface area contributed by atoms with Crippen LogP contribution in [0.15, 0.2) is 54.6 Å². The second-order valence-electron chi connectivity index (χ2n) is 5.08. The molecule has 0 aliphatic heterocycles. The van der Waals surface area contributed by atoms with Crippen LogP contribution in [0.5, 0.6) is 0 Å². The van der Waals surface area contributed by atoms with E-state index < -0.39 is 29.8 Å². The number of aliphatic carboxylic acids is 1. The smallest absolute Gasteiger partial charge is 0.326 e. The van der Waals surface area contributed by atoms with Crippen molar-refractivity contribution in [1.29, 1.82) is 0 Å². The third kappa shape index (κ3) is 4.37. The first-order chi connectivity index (χ1) is 11.0. The molecular formula is C17H17FN2O3. The van der Waals surface area contributed by atoms with Gasteiger partial charge < -0.3 is 16.2 Å². The summed E-state index contributed by atoms with van der Waals surface area (Å²) >= 11 is 0. The lowest BCUT2D eigenvalue weighted by Crippen LogP contribution is -2.46. The van der Waals surface area contributed by atoms with Gasteiger partial charge in [0.05, 0.1) is 0 Å². The summed E-state index contributed by atoms with van der Waals surface area (Å²) in [5, 5.41) is 11.6. The molecule has 2 aromatic carbocycles. The van der Waals surface area contributed by atoms with Crippen molar-refractivity contribution in [3.05, 3.63) is 71.5 Å². The Morgan fingerprint density at radius 3 is 2.30 bits per heavy atom. The summed E-state index contributed by atoms with van der Waals surface area (Å²) < 4.78 is 13.6. The highest BCUT2D eigenvalue weighted by atomic mass is 19.1. The van der Waals surface area contributed by atoms with Gasteiger partial charge in [0, 0.05) is 6.42 Å². The third-order valence-corrected chi connectivity index (χ3v) is 3.44. The molecule has 5 nitrogen and oxygen atoms in total. The second kappa shape index (κ2) is 7.51. The zero-order chi connectivity index (χ0) is 16.8. The van der Waals surface area contributed by atoms with Gasteiger partial charge >= 0.3 is 5.97 Å². The van der Waals surface area contributed by atoms with Crippen molar-refractivity contribution < 1.29 is 19.1 Å². The van der Waals surface area contributed by atoms with E-state index in [1.807, 2.05) is 0 Å². The van der Waals surface area contributed by atoms with Gasteiger partial charge in [0.1, 0.15) is 17.9 Å². The quantitative estimate of drug-likeness (QED) is 0.755. The molecule has 0 fully saturated rings. The summed E-state index contributed by atoms with van der Waals surface area (Å²) in [4.78, 5) is 23.5. The number of nitrogens with two attached hydrogens (primary N) is 1. The summed E-state index contributed by atoms with van der Waals surface area (Å²) in [6, 6.07) is 12.2. The van der Waals surface area contributed by atoms with Gasteiger partial charge in [-0.25, -0.2) is 9.18 Å². The molecule has 0 saturated heterocycles. The number of benzene rings is 2. The molecule has 2 aromatic rings. The van der Waals surface area contributed by atoms with Crippen molar-refractivity contribution in [3.63, 3.8) is 0 Å². The van der Waals surface area contributed by atoms with E-state index in [9.17, 15) is 19.1 Å². The Morgan fingerprint density at radius 1 is 1.09 bits per heavy atom.